The van der Waals surface area contributed by atoms with Gasteiger partial charge in [0.05, 0.1) is 56.8 Å². The Morgan fingerprint density at radius 2 is 0.962 bits per heavy atom. The van der Waals surface area contributed by atoms with E-state index < -0.39 is 46.1 Å². The number of pyridine rings is 4. The lowest BCUT2D eigenvalue weighted by atomic mass is 10.0. The highest BCUT2D eigenvalue weighted by Crippen LogP contribution is 2.35. The molecule has 0 aliphatic carbocycles. The third-order valence-corrected chi connectivity index (χ3v) is 18.4. The first kappa shape index (κ1) is 90.6. The van der Waals surface area contributed by atoms with Crippen LogP contribution in [0.1, 0.15) is 124 Å². The maximum Gasteiger partial charge on any atom is 0.474 e. The number of carbonyl (C=O) groups is 5. The van der Waals surface area contributed by atoms with Crippen LogP contribution in [0.4, 0.5) is 32.3 Å². The molecule has 0 radical (unpaired) electrons. The molecular formula is C75H102Cl3N17O10S. The van der Waals surface area contributed by atoms with Gasteiger partial charge in [-0.1, -0.05) is 10.9 Å². The zero-order valence-corrected chi connectivity index (χ0v) is 66.6. The van der Waals surface area contributed by atoms with E-state index in [1.807, 2.05) is 40.4 Å². The summed E-state index contributed by atoms with van der Waals surface area (Å²) in [7, 11) is -0.320. The van der Waals surface area contributed by atoms with E-state index in [0.29, 0.717) is 49.3 Å². The Kier molecular flexibility index (Phi) is 35.3. The standard InChI is InChI=1S/C20H24N4O.C19H23N5O.C17H20N4.C12H19N3O4S.C7H13NO4.3ClH/c1-4-19(25)23-6-5-7-24(9-8-23)20-16(12-21)13-22-18-11-15(3)14(2)10-17(18)20;1-13-8-16-17(9-14(13)2)22-12-15(10-20)19(16)24-5-3-4-23(6-7-24)18(25)11-21;1-12-8-15-16(9-13(12)2)20-11-14(10-18)17(15)21-6-3-4-19-5-7-21;1-12(2,3)19-11(16)13-20(17,18)15-8-6-10(7-9-15)14(4)5;1-7(2,3)12-6(11)8-4-5(9)10;;;/h10-11,13H,4-9H2,1-3H3;8-9,12H,3-7,11,21H2,1-2H3;8-9,11,19H,3-7H2,1-2H3;6-9H,1-5H3;4H2,1-3H3,(H,8,11)(H,9,10);3*1H. The first-order chi connectivity index (χ1) is 48.6. The van der Waals surface area contributed by atoms with E-state index >= 15 is 0 Å². The number of hydrogen-bond acceptors (Lipinski definition) is 21. The molecule has 7 heterocycles. The van der Waals surface area contributed by atoms with Crippen molar-refractivity contribution in [2.24, 2.45) is 5.73 Å². The number of nitriles is 3. The molecule has 31 heteroatoms. The molecule has 3 aromatic carbocycles. The molecule has 3 aliphatic rings. The van der Waals surface area contributed by atoms with Gasteiger partial charge < -0.3 is 72.8 Å². The molecule has 0 unspecified atom stereocenters. The zero-order valence-electron chi connectivity index (χ0n) is 63.3. The number of anilines is 4. The number of carboxylic acids is 1. The number of halogens is 3. The molecule has 0 spiro atoms. The van der Waals surface area contributed by atoms with Crippen molar-refractivity contribution in [1.29, 1.82) is 15.8 Å². The first-order valence-electron chi connectivity index (χ1n) is 34.4. The van der Waals surface area contributed by atoms with Crippen LogP contribution in [0, 0.1) is 75.5 Å². The maximum absolute atomic E-state index is 12.0. The van der Waals surface area contributed by atoms with Crippen molar-refractivity contribution in [3.63, 3.8) is 0 Å². The molecule has 0 saturated carbocycles. The van der Waals surface area contributed by atoms with Gasteiger partial charge in [0.25, 0.3) is 0 Å². The summed E-state index contributed by atoms with van der Waals surface area (Å²) < 4.78 is 36.3. The summed E-state index contributed by atoms with van der Waals surface area (Å²) in [4.78, 5) is 82.0. The number of benzene rings is 3. The molecule has 7 aromatic rings. The first-order valence-corrected chi connectivity index (χ1v) is 35.8. The summed E-state index contributed by atoms with van der Waals surface area (Å²) in [6, 6.07) is 22.8. The lowest BCUT2D eigenvalue weighted by Gasteiger charge is -2.26. The van der Waals surface area contributed by atoms with Crippen LogP contribution >= 0.6 is 24.8 Å². The van der Waals surface area contributed by atoms with Crippen LogP contribution in [0.5, 0.6) is 0 Å². The summed E-state index contributed by atoms with van der Waals surface area (Å²) in [5, 5.41) is 45.5. The third-order valence-electron chi connectivity index (χ3n) is 17.2. The lowest BCUT2D eigenvalue weighted by molar-refractivity contribution is -0.512. The average molecular weight is 1540 g/mol. The van der Waals surface area contributed by atoms with Gasteiger partial charge in [-0.3, -0.25) is 29.3 Å². The topological polar surface area (TPSA) is 354 Å². The van der Waals surface area contributed by atoms with Gasteiger partial charge in [-0.25, -0.2) is 9.59 Å². The third kappa shape index (κ3) is 25.9. The molecule has 4 amide bonds. The number of alkyl carbamates (subject to hydrolysis) is 1. The van der Waals surface area contributed by atoms with Crippen molar-refractivity contribution in [2.75, 3.05) is 125 Å². The predicted octanol–water partition coefficient (Wildman–Crippen LogP) is 6.52. The van der Waals surface area contributed by atoms with Crippen LogP contribution in [0.2, 0.25) is 0 Å². The Hall–Kier alpha value is -9.60. The Balaban J connectivity index is 0.000000347. The van der Waals surface area contributed by atoms with Gasteiger partial charge in [-0.2, -0.15) is 20.5 Å². The summed E-state index contributed by atoms with van der Waals surface area (Å²) in [5.41, 5.74) is 19.8. The van der Waals surface area contributed by atoms with E-state index in [2.05, 4.69) is 136 Å². The highest BCUT2D eigenvalue weighted by molar-refractivity contribution is 7.83. The molecule has 6 N–H and O–H groups in total. The number of nitrogens with zero attached hydrogens (tertiary/aromatic N) is 13. The van der Waals surface area contributed by atoms with Gasteiger partial charge >= 0.3 is 28.4 Å². The quantitative estimate of drug-likeness (QED) is 0.0910. The smallest absolute Gasteiger partial charge is 0.474 e. The molecule has 27 nitrogen and oxygen atoms in total. The molecular weight excluding hydrogens is 1440 g/mol. The van der Waals surface area contributed by atoms with Crippen molar-refractivity contribution in [1.82, 2.24) is 40.1 Å². The molecule has 4 aromatic heterocycles. The molecule has 0 bridgehead atoms. The second-order valence-electron chi connectivity index (χ2n) is 27.5. The number of amides is 4. The van der Waals surface area contributed by atoms with E-state index in [1.54, 1.807) is 72.3 Å². The number of rotatable bonds is 10. The number of hydrogen-bond donors (Lipinski definition) is 5. The molecule has 3 saturated heterocycles. The Morgan fingerprint density at radius 3 is 1.33 bits per heavy atom. The van der Waals surface area contributed by atoms with Crippen LogP contribution < -0.4 is 57.1 Å². The molecule has 10 rings (SSSR count). The van der Waals surface area contributed by atoms with Crippen LogP contribution in [-0.4, -0.2) is 185 Å². The molecule has 3 aliphatic heterocycles. The number of aryl methyl sites for hydroxylation is 6. The van der Waals surface area contributed by atoms with Gasteiger partial charge in [0, 0.05) is 145 Å². The zero-order chi connectivity index (χ0) is 76.1. The van der Waals surface area contributed by atoms with Gasteiger partial charge in [-0.15, -0.1) is 33.2 Å². The van der Waals surface area contributed by atoms with Gasteiger partial charge in [-0.05, 0) is 179 Å². The highest BCUT2D eigenvalue weighted by atomic mass is 35.5. The fourth-order valence-electron chi connectivity index (χ4n) is 11.6. The van der Waals surface area contributed by atoms with Gasteiger partial charge in [0.15, 0.2) is 12.4 Å². The minimum Gasteiger partial charge on any atom is -1.00 e. The number of carboxylic acid groups (broad SMARTS) is 1. The number of aromatic nitrogens is 4. The highest BCUT2D eigenvalue weighted by Gasteiger charge is 2.29. The van der Waals surface area contributed by atoms with Crippen molar-refractivity contribution in [2.45, 2.75) is 127 Å². The van der Waals surface area contributed by atoms with Crippen molar-refractivity contribution in [3.05, 3.63) is 130 Å². The second-order valence-corrected chi connectivity index (χ2v) is 29.1. The van der Waals surface area contributed by atoms with E-state index in [9.17, 15) is 48.2 Å². The van der Waals surface area contributed by atoms with Crippen LogP contribution in [-0.2, 0) is 34.1 Å². The summed E-state index contributed by atoms with van der Waals surface area (Å²) in [6.07, 6.45) is 9.41. The normalized spacial score (nSPS) is 13.7. The Morgan fingerprint density at radius 1 is 0.585 bits per heavy atom. The van der Waals surface area contributed by atoms with Gasteiger partial charge in [0.2, 0.25) is 11.8 Å². The minimum atomic E-state index is -4.00. The largest absolute Gasteiger partial charge is 1.00 e. The number of nitrogens with two attached hydrogens (primary N) is 1. The lowest BCUT2D eigenvalue weighted by Crippen LogP contribution is -3.00. The molecule has 574 valence electrons. The number of ether oxygens (including phenoxy) is 2. The van der Waals surface area contributed by atoms with E-state index in [4.69, 9.17) is 20.3 Å². The summed E-state index contributed by atoms with van der Waals surface area (Å²) in [5.74, 6) is -0.914. The monoisotopic (exact) mass is 1540 g/mol. The SMILES string of the molecule is CC(C)(C)OC(=O)NCC(=O)O.CCC(=O)N1CCCN(c2c(C#N)cnc3cc(C)c(C)cc23)CC1.CN(C)c1cc[n+](S(=O)(=O)NC(=O)OC(C)(C)C)cc1.Cc1cc2ncc(C#N)c(N3CCCN(C(=O)CN)CC3)c2cc1C.Cc1cc2ncc(C#N)c(N3CCCNCC3)c2cc1C.Cl.Cl.[Cl-]. The van der Waals surface area contributed by atoms with Crippen LogP contribution in [0.15, 0.2) is 79.5 Å². The Bertz CT molecular complexity index is 4310. The fraction of sp³-hybridized carbons (Fsp3) is 0.467. The van der Waals surface area contributed by atoms with Crippen molar-refractivity contribution < 1.29 is 63.4 Å². The Labute approximate surface area is 641 Å². The second kappa shape index (κ2) is 41.3. The van der Waals surface area contributed by atoms with E-state index in [-0.39, 0.29) is 55.6 Å². The summed E-state index contributed by atoms with van der Waals surface area (Å²) in [6.45, 7) is 33.9. The van der Waals surface area contributed by atoms with E-state index in [0.717, 1.165) is 131 Å². The molecule has 0 atom stereocenters. The molecule has 3 fully saturated rings. The average Bonchev–Trinajstić information content (AvgIpc) is 0.971. The van der Waals surface area contributed by atoms with Crippen molar-refractivity contribution in [3.8, 4) is 18.2 Å². The van der Waals surface area contributed by atoms with Crippen molar-refractivity contribution >= 4 is 120 Å². The number of nitrogens with one attached hydrogen (secondary N) is 3. The minimum absolute atomic E-state index is 0. The van der Waals surface area contributed by atoms with Crippen LogP contribution in [0.3, 0.4) is 0 Å². The maximum atomic E-state index is 12.0. The van der Waals surface area contributed by atoms with Gasteiger partial charge in [0.1, 0.15) is 36.0 Å². The summed E-state index contributed by atoms with van der Waals surface area (Å²) >= 11 is 0. The molecule has 106 heavy (non-hydrogen) atoms. The van der Waals surface area contributed by atoms with Crippen LogP contribution in [0.25, 0.3) is 32.7 Å². The predicted molar refractivity (Wildman–Crippen MR) is 415 cm³/mol. The fourth-order valence-corrected chi connectivity index (χ4v) is 12.4. The number of aliphatic carboxylic acids is 1. The number of fused-ring (bicyclic) bond motifs is 3. The number of carbonyl (C=O) groups excluding carboxylic acids is 4. The van der Waals surface area contributed by atoms with E-state index in [1.165, 1.54) is 45.8 Å².